The van der Waals surface area contributed by atoms with Crippen molar-refractivity contribution in [3.8, 4) is 0 Å². The van der Waals surface area contributed by atoms with E-state index in [-0.39, 0.29) is 17.4 Å². The number of aromatic nitrogens is 3. The summed E-state index contributed by atoms with van der Waals surface area (Å²) in [6.07, 6.45) is 8.98. The monoisotopic (exact) mass is 473 g/mol. The number of carbonyl (C=O) groups excluding carboxylic acids is 2. The van der Waals surface area contributed by atoms with Crippen LogP contribution in [0.3, 0.4) is 0 Å². The van der Waals surface area contributed by atoms with E-state index < -0.39 is 6.04 Å². The predicted octanol–water partition coefficient (Wildman–Crippen LogP) is 4.02. The Hall–Kier alpha value is -2.78. The normalized spacial score (nSPS) is 15.4. The molecule has 1 atom stereocenters. The van der Waals surface area contributed by atoms with Crippen molar-refractivity contribution in [2.75, 3.05) is 12.4 Å². The van der Waals surface area contributed by atoms with Crippen LogP contribution < -0.4 is 16.2 Å². The highest BCUT2D eigenvalue weighted by Gasteiger charge is 2.28. The Labute approximate surface area is 194 Å². The predicted molar refractivity (Wildman–Crippen MR) is 125 cm³/mol. The minimum absolute atomic E-state index is 0.255. The summed E-state index contributed by atoms with van der Waals surface area (Å²) in [5.74, 6) is -0.209. The number of halogens is 1. The van der Waals surface area contributed by atoms with Crippen molar-refractivity contribution in [1.29, 1.82) is 0 Å². The Morgan fingerprint density at radius 1 is 1.25 bits per heavy atom. The molecule has 3 aromatic rings. The molecule has 168 valence electrons. The summed E-state index contributed by atoms with van der Waals surface area (Å²) in [5, 5.41) is 6.11. The van der Waals surface area contributed by atoms with E-state index >= 15 is 0 Å². The Bertz CT molecular complexity index is 1200. The van der Waals surface area contributed by atoms with Crippen LogP contribution in [-0.2, 0) is 4.79 Å². The number of hydrogen-bond acceptors (Lipinski definition) is 6. The molecule has 1 aliphatic carbocycles. The quantitative estimate of drug-likeness (QED) is 0.562. The lowest BCUT2D eigenvalue weighted by molar-refractivity contribution is -0.120. The van der Waals surface area contributed by atoms with Gasteiger partial charge in [0.25, 0.3) is 11.5 Å². The van der Waals surface area contributed by atoms with Crippen LogP contribution in [0, 0.1) is 5.92 Å². The second-order valence-corrected chi connectivity index (χ2v) is 9.64. The maximum atomic E-state index is 13.3. The lowest BCUT2D eigenvalue weighted by atomic mass is 9.84. The maximum absolute atomic E-state index is 13.3. The van der Waals surface area contributed by atoms with Crippen molar-refractivity contribution in [2.45, 2.75) is 44.6 Å². The molecule has 0 aliphatic heterocycles. The number of benzene rings is 1. The van der Waals surface area contributed by atoms with E-state index in [0.29, 0.717) is 38.3 Å². The van der Waals surface area contributed by atoms with Gasteiger partial charge in [-0.15, -0.1) is 0 Å². The Kier molecular flexibility index (Phi) is 6.86. The average molecular weight is 474 g/mol. The van der Waals surface area contributed by atoms with E-state index in [2.05, 4.69) is 20.6 Å². The Morgan fingerprint density at radius 2 is 2.03 bits per heavy atom. The van der Waals surface area contributed by atoms with Gasteiger partial charge in [-0.1, -0.05) is 55.0 Å². The molecule has 2 N–H and O–H groups in total. The molecule has 1 fully saturated rings. The highest BCUT2D eigenvalue weighted by molar-refractivity contribution is 7.19. The van der Waals surface area contributed by atoms with Crippen LogP contribution in [0.5, 0.6) is 0 Å². The lowest BCUT2D eigenvalue weighted by Crippen LogP contribution is -2.35. The highest BCUT2D eigenvalue weighted by atomic mass is 35.5. The van der Waals surface area contributed by atoms with Crippen LogP contribution in [0.4, 0.5) is 5.13 Å². The molecule has 4 rings (SSSR count). The topological polar surface area (TPSA) is 106 Å². The Balaban J connectivity index is 1.70. The first-order valence-electron chi connectivity index (χ1n) is 10.6. The van der Waals surface area contributed by atoms with E-state index in [1.54, 1.807) is 25.2 Å². The SMILES string of the molecule is CNC(=O)c1ccc2c(=O)n([C@@H](CC3CCCCC3)C(=O)Nc3ncc(Cl)s3)cnc2c1. The number of rotatable bonds is 6. The minimum atomic E-state index is -0.719. The van der Waals surface area contributed by atoms with Crippen molar-refractivity contribution < 1.29 is 9.59 Å². The molecule has 2 heterocycles. The molecule has 32 heavy (non-hydrogen) atoms. The third kappa shape index (κ3) is 4.83. The smallest absolute Gasteiger partial charge is 0.261 e. The molecule has 10 heteroatoms. The zero-order valence-corrected chi connectivity index (χ0v) is 19.2. The summed E-state index contributed by atoms with van der Waals surface area (Å²) in [5.41, 5.74) is 0.518. The summed E-state index contributed by atoms with van der Waals surface area (Å²) < 4.78 is 1.88. The molecule has 1 saturated carbocycles. The summed E-state index contributed by atoms with van der Waals surface area (Å²) in [4.78, 5) is 47.0. The van der Waals surface area contributed by atoms with Gasteiger partial charge in [0.05, 0.1) is 23.4 Å². The fourth-order valence-electron chi connectivity index (χ4n) is 4.23. The average Bonchev–Trinajstić information content (AvgIpc) is 3.22. The van der Waals surface area contributed by atoms with Crippen molar-refractivity contribution in [3.63, 3.8) is 0 Å². The van der Waals surface area contributed by atoms with Crippen LogP contribution in [0.25, 0.3) is 10.9 Å². The van der Waals surface area contributed by atoms with Gasteiger partial charge in [-0.3, -0.25) is 19.0 Å². The number of anilines is 1. The molecular formula is C22H24ClN5O3S. The highest BCUT2D eigenvalue weighted by Crippen LogP contribution is 2.32. The molecule has 1 aliphatic rings. The van der Waals surface area contributed by atoms with Gasteiger partial charge in [0.1, 0.15) is 10.4 Å². The van der Waals surface area contributed by atoms with Crippen molar-refractivity contribution in [1.82, 2.24) is 19.9 Å². The summed E-state index contributed by atoms with van der Waals surface area (Å²) in [6.45, 7) is 0. The molecule has 8 nitrogen and oxygen atoms in total. The van der Waals surface area contributed by atoms with Crippen LogP contribution in [-0.4, -0.2) is 33.4 Å². The van der Waals surface area contributed by atoms with Gasteiger partial charge in [-0.2, -0.15) is 0 Å². The van der Waals surface area contributed by atoms with E-state index in [4.69, 9.17) is 11.6 Å². The zero-order chi connectivity index (χ0) is 22.7. The molecule has 1 aromatic carbocycles. The van der Waals surface area contributed by atoms with E-state index in [1.807, 2.05) is 0 Å². The number of nitrogens with one attached hydrogen (secondary N) is 2. The van der Waals surface area contributed by atoms with Gasteiger partial charge in [-0.25, -0.2) is 9.97 Å². The zero-order valence-electron chi connectivity index (χ0n) is 17.6. The maximum Gasteiger partial charge on any atom is 0.261 e. The molecule has 0 unspecified atom stereocenters. The first kappa shape index (κ1) is 22.4. The third-order valence-corrected chi connectivity index (χ3v) is 6.93. The van der Waals surface area contributed by atoms with Gasteiger partial charge in [-0.05, 0) is 30.5 Å². The fraction of sp³-hybridized carbons (Fsp3) is 0.409. The molecule has 0 bridgehead atoms. The van der Waals surface area contributed by atoms with Gasteiger partial charge < -0.3 is 10.6 Å². The second-order valence-electron chi connectivity index (χ2n) is 7.98. The van der Waals surface area contributed by atoms with Crippen LogP contribution in [0.1, 0.15) is 54.9 Å². The molecule has 0 radical (unpaired) electrons. The molecule has 0 spiro atoms. The van der Waals surface area contributed by atoms with Gasteiger partial charge >= 0.3 is 0 Å². The second kappa shape index (κ2) is 9.79. The van der Waals surface area contributed by atoms with Crippen molar-refractivity contribution in [2.24, 2.45) is 5.92 Å². The fourth-order valence-corrected chi connectivity index (χ4v) is 5.04. The molecular weight excluding hydrogens is 450 g/mol. The van der Waals surface area contributed by atoms with Crippen LogP contribution in [0.15, 0.2) is 35.5 Å². The minimum Gasteiger partial charge on any atom is -0.355 e. The number of thiazole rings is 1. The van der Waals surface area contributed by atoms with E-state index in [0.717, 1.165) is 25.7 Å². The number of nitrogens with zero attached hydrogens (tertiary/aromatic N) is 3. The number of hydrogen-bond donors (Lipinski definition) is 2. The lowest BCUT2D eigenvalue weighted by Gasteiger charge is -2.27. The summed E-state index contributed by atoms with van der Waals surface area (Å²) in [6, 6.07) is 4.03. The first-order valence-corrected chi connectivity index (χ1v) is 11.8. The first-order chi connectivity index (χ1) is 15.5. The van der Waals surface area contributed by atoms with Crippen LogP contribution >= 0.6 is 22.9 Å². The molecule has 2 aromatic heterocycles. The Morgan fingerprint density at radius 3 is 2.72 bits per heavy atom. The summed E-state index contributed by atoms with van der Waals surface area (Å²) >= 11 is 7.11. The largest absolute Gasteiger partial charge is 0.355 e. The van der Waals surface area contributed by atoms with E-state index in [1.165, 1.54) is 34.8 Å². The standard InChI is InChI=1S/C22H24ClN5O3S/c1-24-19(29)14-7-8-15-16(10-14)26-12-28(21(15)31)17(9-13-5-3-2-4-6-13)20(30)27-22-25-11-18(23)32-22/h7-8,10-13,17H,2-6,9H2,1H3,(H,24,29)(H,25,27,30)/t17-/m0/s1. The molecule has 0 saturated heterocycles. The number of fused-ring (bicyclic) bond motifs is 1. The third-order valence-electron chi connectivity index (χ3n) is 5.90. The van der Waals surface area contributed by atoms with Gasteiger partial charge in [0.2, 0.25) is 5.91 Å². The van der Waals surface area contributed by atoms with Crippen molar-refractivity contribution in [3.05, 3.63) is 51.0 Å². The van der Waals surface area contributed by atoms with Gasteiger partial charge in [0, 0.05) is 12.6 Å². The number of amides is 2. The van der Waals surface area contributed by atoms with Crippen LogP contribution in [0.2, 0.25) is 4.34 Å². The van der Waals surface area contributed by atoms with Crippen molar-refractivity contribution >= 4 is 50.8 Å². The number of carbonyl (C=O) groups is 2. The molecule has 2 amide bonds. The van der Waals surface area contributed by atoms with Gasteiger partial charge in [0.15, 0.2) is 5.13 Å². The summed E-state index contributed by atoms with van der Waals surface area (Å²) in [7, 11) is 1.54. The van der Waals surface area contributed by atoms with E-state index in [9.17, 15) is 14.4 Å².